The minimum absolute atomic E-state index is 0.226. The molecule has 0 radical (unpaired) electrons. The van der Waals surface area contributed by atoms with Crippen molar-refractivity contribution in [3.63, 3.8) is 0 Å². The molecule has 0 atom stereocenters. The maximum absolute atomic E-state index is 12.5. The van der Waals surface area contributed by atoms with Crippen LogP contribution in [0.15, 0.2) is 59.2 Å². The maximum atomic E-state index is 12.5. The number of nitrogens with one attached hydrogen (secondary N) is 1. The van der Waals surface area contributed by atoms with E-state index >= 15 is 0 Å². The molecule has 0 unspecified atom stereocenters. The minimum Gasteiger partial charge on any atom is -0.467 e. The average molecular weight is 391 g/mol. The molecule has 1 amide bonds. The number of piperazine rings is 1. The predicted octanol–water partition coefficient (Wildman–Crippen LogP) is 2.63. The van der Waals surface area contributed by atoms with Gasteiger partial charge in [0.05, 0.1) is 12.8 Å². The second-order valence-electron chi connectivity index (χ2n) is 7.21. The molecule has 1 fully saturated rings. The van der Waals surface area contributed by atoms with Crippen molar-refractivity contribution in [2.75, 3.05) is 31.1 Å². The van der Waals surface area contributed by atoms with E-state index in [1.54, 1.807) is 18.4 Å². The van der Waals surface area contributed by atoms with E-state index in [-0.39, 0.29) is 5.91 Å². The van der Waals surface area contributed by atoms with E-state index in [0.717, 1.165) is 38.4 Å². The molecule has 2 aromatic heterocycles. The molecule has 7 nitrogen and oxygen atoms in total. The van der Waals surface area contributed by atoms with Crippen LogP contribution in [-0.4, -0.2) is 47.0 Å². The van der Waals surface area contributed by atoms with Crippen molar-refractivity contribution in [3.8, 4) is 0 Å². The van der Waals surface area contributed by atoms with Gasteiger partial charge in [0.2, 0.25) is 5.95 Å². The predicted molar refractivity (Wildman–Crippen MR) is 111 cm³/mol. The highest BCUT2D eigenvalue weighted by Crippen LogP contribution is 2.15. The summed E-state index contributed by atoms with van der Waals surface area (Å²) in [5.74, 6) is 1.10. The molecule has 1 aliphatic heterocycles. The van der Waals surface area contributed by atoms with Gasteiger partial charge in [-0.1, -0.05) is 30.3 Å². The van der Waals surface area contributed by atoms with Gasteiger partial charge in [-0.2, -0.15) is 0 Å². The van der Waals surface area contributed by atoms with Gasteiger partial charge in [-0.3, -0.25) is 9.69 Å². The molecular formula is C22H25N5O2. The third-order valence-corrected chi connectivity index (χ3v) is 4.98. The number of hydrogen-bond acceptors (Lipinski definition) is 6. The van der Waals surface area contributed by atoms with Crippen LogP contribution < -0.4 is 10.2 Å². The number of aryl methyl sites for hydroxylation is 1. The summed E-state index contributed by atoms with van der Waals surface area (Å²) in [5, 5.41) is 2.84. The number of amides is 1. The van der Waals surface area contributed by atoms with Crippen LogP contribution in [0.25, 0.3) is 0 Å². The number of hydrogen-bond donors (Lipinski definition) is 1. The van der Waals surface area contributed by atoms with Gasteiger partial charge < -0.3 is 14.6 Å². The highest BCUT2D eigenvalue weighted by molar-refractivity contribution is 5.92. The Kier molecular flexibility index (Phi) is 5.86. The molecule has 3 aromatic rings. The van der Waals surface area contributed by atoms with E-state index in [1.165, 1.54) is 5.56 Å². The molecule has 0 saturated carbocycles. The van der Waals surface area contributed by atoms with Crippen molar-refractivity contribution < 1.29 is 9.21 Å². The molecule has 3 heterocycles. The minimum atomic E-state index is -0.226. The van der Waals surface area contributed by atoms with Crippen molar-refractivity contribution in [3.05, 3.63) is 77.5 Å². The molecular weight excluding hydrogens is 366 g/mol. The first-order valence-corrected chi connectivity index (χ1v) is 9.85. The fraction of sp³-hybridized carbons (Fsp3) is 0.318. The number of carbonyl (C=O) groups is 1. The first kappa shape index (κ1) is 19.1. The monoisotopic (exact) mass is 391 g/mol. The van der Waals surface area contributed by atoms with Gasteiger partial charge in [0.1, 0.15) is 11.5 Å². The molecule has 150 valence electrons. The number of nitrogens with zero attached hydrogens (tertiary/aromatic N) is 4. The molecule has 4 rings (SSSR count). The number of anilines is 1. The zero-order chi connectivity index (χ0) is 20.1. The molecule has 29 heavy (non-hydrogen) atoms. The van der Waals surface area contributed by atoms with E-state index in [0.29, 0.717) is 23.9 Å². The van der Waals surface area contributed by atoms with E-state index in [1.807, 2.05) is 19.1 Å². The number of benzene rings is 1. The molecule has 0 spiro atoms. The zero-order valence-electron chi connectivity index (χ0n) is 16.5. The van der Waals surface area contributed by atoms with E-state index in [2.05, 4.69) is 49.4 Å². The number of rotatable bonds is 6. The van der Waals surface area contributed by atoms with Crippen molar-refractivity contribution in [2.24, 2.45) is 0 Å². The van der Waals surface area contributed by atoms with Crippen LogP contribution >= 0.6 is 0 Å². The summed E-state index contributed by atoms with van der Waals surface area (Å²) in [6.45, 7) is 6.72. The second kappa shape index (κ2) is 8.87. The first-order valence-electron chi connectivity index (χ1n) is 9.85. The molecule has 1 aromatic carbocycles. The van der Waals surface area contributed by atoms with Crippen LogP contribution in [0.4, 0.5) is 5.95 Å². The fourth-order valence-electron chi connectivity index (χ4n) is 3.43. The van der Waals surface area contributed by atoms with Gasteiger partial charge in [-0.05, 0) is 30.7 Å². The van der Waals surface area contributed by atoms with Gasteiger partial charge in [0, 0.05) is 38.4 Å². The van der Waals surface area contributed by atoms with Crippen LogP contribution in [0, 0.1) is 6.92 Å². The highest BCUT2D eigenvalue weighted by Gasteiger charge is 2.21. The Bertz CT molecular complexity index is 935. The lowest BCUT2D eigenvalue weighted by Gasteiger charge is -2.34. The van der Waals surface area contributed by atoms with Crippen molar-refractivity contribution in [1.29, 1.82) is 0 Å². The summed E-state index contributed by atoms with van der Waals surface area (Å²) in [6, 6.07) is 15.8. The summed E-state index contributed by atoms with van der Waals surface area (Å²) in [7, 11) is 0. The molecule has 1 N–H and O–H groups in total. The SMILES string of the molecule is Cc1cc(C(=O)NCc2ccco2)nc(N2CCN(Cc3ccccc3)CC2)n1. The van der Waals surface area contributed by atoms with E-state index in [4.69, 9.17) is 4.42 Å². The van der Waals surface area contributed by atoms with Crippen LogP contribution in [0.2, 0.25) is 0 Å². The summed E-state index contributed by atoms with van der Waals surface area (Å²) >= 11 is 0. The third kappa shape index (κ3) is 5.00. The first-order chi connectivity index (χ1) is 14.2. The molecule has 1 aliphatic rings. The van der Waals surface area contributed by atoms with Gasteiger partial charge in [0.25, 0.3) is 5.91 Å². The van der Waals surface area contributed by atoms with Crippen molar-refractivity contribution in [2.45, 2.75) is 20.0 Å². The highest BCUT2D eigenvalue weighted by atomic mass is 16.3. The van der Waals surface area contributed by atoms with E-state index in [9.17, 15) is 4.79 Å². The van der Waals surface area contributed by atoms with Crippen LogP contribution in [-0.2, 0) is 13.1 Å². The Labute approximate surface area is 170 Å². The lowest BCUT2D eigenvalue weighted by Crippen LogP contribution is -2.46. The van der Waals surface area contributed by atoms with Crippen LogP contribution in [0.5, 0.6) is 0 Å². The molecule has 0 aliphatic carbocycles. The van der Waals surface area contributed by atoms with Gasteiger partial charge in [-0.25, -0.2) is 9.97 Å². The number of aromatic nitrogens is 2. The normalized spacial score (nSPS) is 14.7. The second-order valence-corrected chi connectivity index (χ2v) is 7.21. The summed E-state index contributed by atoms with van der Waals surface area (Å²) in [5.41, 5.74) is 2.49. The Balaban J connectivity index is 1.37. The fourth-order valence-corrected chi connectivity index (χ4v) is 3.43. The summed E-state index contributed by atoms with van der Waals surface area (Å²) < 4.78 is 5.25. The summed E-state index contributed by atoms with van der Waals surface area (Å²) in [4.78, 5) is 26.2. The lowest BCUT2D eigenvalue weighted by molar-refractivity contribution is 0.0942. The van der Waals surface area contributed by atoms with Crippen LogP contribution in [0.1, 0.15) is 27.5 Å². The molecule has 7 heteroatoms. The molecule has 0 bridgehead atoms. The third-order valence-electron chi connectivity index (χ3n) is 4.98. The Morgan fingerprint density at radius 2 is 1.86 bits per heavy atom. The Morgan fingerprint density at radius 1 is 1.07 bits per heavy atom. The summed E-state index contributed by atoms with van der Waals surface area (Å²) in [6.07, 6.45) is 1.59. The quantitative estimate of drug-likeness (QED) is 0.696. The Morgan fingerprint density at radius 3 is 2.59 bits per heavy atom. The number of carbonyl (C=O) groups excluding carboxylic acids is 1. The van der Waals surface area contributed by atoms with Crippen LogP contribution in [0.3, 0.4) is 0 Å². The maximum Gasteiger partial charge on any atom is 0.270 e. The topological polar surface area (TPSA) is 74.5 Å². The lowest BCUT2D eigenvalue weighted by atomic mass is 10.2. The van der Waals surface area contributed by atoms with Crippen molar-refractivity contribution in [1.82, 2.24) is 20.2 Å². The smallest absolute Gasteiger partial charge is 0.270 e. The molecule has 1 saturated heterocycles. The van der Waals surface area contributed by atoms with Crippen molar-refractivity contribution >= 4 is 11.9 Å². The standard InChI is InChI=1S/C22H25N5O2/c1-17-14-20(21(28)23-15-19-8-5-13-29-19)25-22(24-17)27-11-9-26(10-12-27)16-18-6-3-2-4-7-18/h2-8,13-14H,9-12,15-16H2,1H3,(H,23,28). The zero-order valence-corrected chi connectivity index (χ0v) is 16.5. The van der Waals surface area contributed by atoms with Gasteiger partial charge in [-0.15, -0.1) is 0 Å². The average Bonchev–Trinajstić information content (AvgIpc) is 3.26. The van der Waals surface area contributed by atoms with E-state index < -0.39 is 0 Å². The van der Waals surface area contributed by atoms with Gasteiger partial charge >= 0.3 is 0 Å². The van der Waals surface area contributed by atoms with Gasteiger partial charge in [0.15, 0.2) is 0 Å². The largest absolute Gasteiger partial charge is 0.467 e. The Hall–Kier alpha value is -3.19. The number of furan rings is 1.